The van der Waals surface area contributed by atoms with Crippen molar-refractivity contribution in [2.75, 3.05) is 11.9 Å². The molecule has 0 saturated carbocycles. The number of carbonyl (C=O) groups is 1. The number of halogens is 3. The zero-order valence-electron chi connectivity index (χ0n) is 14.0. The molecule has 0 fully saturated rings. The second-order valence-electron chi connectivity index (χ2n) is 5.67. The van der Waals surface area contributed by atoms with Crippen molar-refractivity contribution in [1.29, 1.82) is 0 Å². The lowest BCUT2D eigenvalue weighted by atomic mass is 10.2. The standard InChI is InChI=1S/C18H11Cl2FN4O2S/c19-11-3-6-15(13(20)7-11)27-8-16(26)22-17-23-18-25(24-17)14(9-28-18)10-1-4-12(21)5-2-10/h1-7,9H,8H2,(H,22,24,26). The van der Waals surface area contributed by atoms with Crippen LogP contribution in [0.2, 0.25) is 10.0 Å². The smallest absolute Gasteiger partial charge is 0.264 e. The fourth-order valence-electron chi connectivity index (χ4n) is 2.45. The Labute approximate surface area is 172 Å². The van der Waals surface area contributed by atoms with Crippen LogP contribution in [0, 0.1) is 5.82 Å². The molecule has 142 valence electrons. The minimum Gasteiger partial charge on any atom is -0.482 e. The largest absolute Gasteiger partial charge is 0.482 e. The molecule has 0 aliphatic heterocycles. The molecule has 1 N–H and O–H groups in total. The van der Waals surface area contributed by atoms with Gasteiger partial charge in [-0.3, -0.25) is 10.1 Å². The highest BCUT2D eigenvalue weighted by Crippen LogP contribution is 2.28. The molecule has 0 saturated heterocycles. The minimum atomic E-state index is -0.437. The van der Waals surface area contributed by atoms with Crippen LogP contribution in [0.4, 0.5) is 10.3 Å². The van der Waals surface area contributed by atoms with Crippen molar-refractivity contribution in [3.05, 3.63) is 63.7 Å². The summed E-state index contributed by atoms with van der Waals surface area (Å²) in [7, 11) is 0. The Kier molecular flexibility index (Phi) is 5.17. The molecular weight excluding hydrogens is 426 g/mol. The molecule has 0 radical (unpaired) electrons. The summed E-state index contributed by atoms with van der Waals surface area (Å²) in [6.07, 6.45) is 0. The Morgan fingerprint density at radius 2 is 2.00 bits per heavy atom. The predicted octanol–water partition coefficient (Wildman–Crippen LogP) is 4.92. The second kappa shape index (κ2) is 7.75. The number of benzene rings is 2. The van der Waals surface area contributed by atoms with Crippen molar-refractivity contribution in [3.63, 3.8) is 0 Å². The van der Waals surface area contributed by atoms with Crippen LogP contribution in [0.1, 0.15) is 0 Å². The van der Waals surface area contributed by atoms with E-state index in [-0.39, 0.29) is 18.4 Å². The lowest BCUT2D eigenvalue weighted by Gasteiger charge is -2.07. The number of rotatable bonds is 5. The van der Waals surface area contributed by atoms with Crippen LogP contribution in [0.15, 0.2) is 47.8 Å². The molecule has 0 aliphatic carbocycles. The third-order valence-corrected chi connectivity index (χ3v) is 5.07. The van der Waals surface area contributed by atoms with Gasteiger partial charge in [0.1, 0.15) is 11.6 Å². The van der Waals surface area contributed by atoms with E-state index in [2.05, 4.69) is 15.4 Å². The highest BCUT2D eigenvalue weighted by molar-refractivity contribution is 7.15. The summed E-state index contributed by atoms with van der Waals surface area (Å²) in [6.45, 7) is -0.265. The molecule has 4 aromatic rings. The normalized spacial score (nSPS) is 11.0. The van der Waals surface area contributed by atoms with E-state index in [9.17, 15) is 9.18 Å². The molecule has 6 nitrogen and oxygen atoms in total. The van der Waals surface area contributed by atoms with Crippen LogP contribution in [0.3, 0.4) is 0 Å². The van der Waals surface area contributed by atoms with Gasteiger partial charge in [0.15, 0.2) is 6.61 Å². The number of nitrogens with zero attached hydrogens (tertiary/aromatic N) is 3. The molecule has 0 atom stereocenters. The molecule has 0 bridgehead atoms. The molecule has 0 aliphatic rings. The summed E-state index contributed by atoms with van der Waals surface area (Å²) in [5.74, 6) is -0.264. The van der Waals surface area contributed by atoms with Crippen molar-refractivity contribution in [2.45, 2.75) is 0 Å². The maximum atomic E-state index is 13.1. The number of amides is 1. The summed E-state index contributed by atoms with van der Waals surface area (Å²) < 4.78 is 20.1. The van der Waals surface area contributed by atoms with Gasteiger partial charge in [0, 0.05) is 16.0 Å². The summed E-state index contributed by atoms with van der Waals surface area (Å²) in [5.41, 5.74) is 1.54. The topological polar surface area (TPSA) is 68.5 Å². The van der Waals surface area contributed by atoms with E-state index >= 15 is 0 Å². The predicted molar refractivity (Wildman–Crippen MR) is 107 cm³/mol. The molecule has 2 heterocycles. The number of anilines is 1. The van der Waals surface area contributed by atoms with Gasteiger partial charge in [-0.25, -0.2) is 8.91 Å². The Balaban J connectivity index is 1.46. The number of fused-ring (bicyclic) bond motifs is 1. The Bertz CT molecular complexity index is 1160. The van der Waals surface area contributed by atoms with Gasteiger partial charge in [0.25, 0.3) is 11.9 Å². The summed E-state index contributed by atoms with van der Waals surface area (Å²) in [5, 5.41) is 9.51. The fourth-order valence-corrected chi connectivity index (χ4v) is 3.74. The van der Waals surface area contributed by atoms with Gasteiger partial charge in [-0.05, 0) is 42.5 Å². The average Bonchev–Trinajstić information content (AvgIpc) is 3.22. The Morgan fingerprint density at radius 1 is 1.21 bits per heavy atom. The van der Waals surface area contributed by atoms with Gasteiger partial charge in [-0.15, -0.1) is 16.4 Å². The van der Waals surface area contributed by atoms with E-state index in [0.717, 1.165) is 11.3 Å². The van der Waals surface area contributed by atoms with E-state index in [1.54, 1.807) is 28.8 Å². The van der Waals surface area contributed by atoms with Crippen molar-refractivity contribution >= 4 is 51.4 Å². The number of thiazole rings is 1. The van der Waals surface area contributed by atoms with Crippen molar-refractivity contribution in [1.82, 2.24) is 14.6 Å². The number of ether oxygens (including phenoxy) is 1. The number of hydrogen-bond acceptors (Lipinski definition) is 5. The van der Waals surface area contributed by atoms with Crippen LogP contribution in [0.25, 0.3) is 16.2 Å². The number of nitrogens with one attached hydrogen (secondary N) is 1. The van der Waals surface area contributed by atoms with E-state index in [4.69, 9.17) is 27.9 Å². The average molecular weight is 437 g/mol. The third-order valence-electron chi connectivity index (χ3n) is 3.73. The number of carbonyl (C=O) groups excluding carboxylic acids is 1. The van der Waals surface area contributed by atoms with Gasteiger partial charge < -0.3 is 4.74 Å². The highest BCUT2D eigenvalue weighted by Gasteiger charge is 2.14. The van der Waals surface area contributed by atoms with Crippen LogP contribution in [-0.4, -0.2) is 27.1 Å². The molecule has 0 unspecified atom stereocenters. The molecule has 1 amide bonds. The maximum Gasteiger partial charge on any atom is 0.264 e. The fraction of sp³-hybridized carbons (Fsp3) is 0.0556. The first-order valence-electron chi connectivity index (χ1n) is 7.97. The van der Waals surface area contributed by atoms with Gasteiger partial charge in [-0.2, -0.15) is 4.98 Å². The monoisotopic (exact) mass is 436 g/mol. The highest BCUT2D eigenvalue weighted by atomic mass is 35.5. The number of hydrogen-bond donors (Lipinski definition) is 1. The van der Waals surface area contributed by atoms with Gasteiger partial charge in [0.2, 0.25) is 4.96 Å². The lowest BCUT2D eigenvalue weighted by Crippen LogP contribution is -2.21. The molecule has 28 heavy (non-hydrogen) atoms. The first-order valence-corrected chi connectivity index (χ1v) is 9.61. The maximum absolute atomic E-state index is 13.1. The lowest BCUT2D eigenvalue weighted by molar-refractivity contribution is -0.118. The molecule has 2 aromatic carbocycles. The van der Waals surface area contributed by atoms with E-state index in [1.807, 2.05) is 5.38 Å². The molecule has 10 heteroatoms. The first kappa shape index (κ1) is 18.7. The molecule has 4 rings (SSSR count). The van der Waals surface area contributed by atoms with Crippen molar-refractivity contribution in [2.24, 2.45) is 0 Å². The summed E-state index contributed by atoms with van der Waals surface area (Å²) >= 11 is 13.2. The third kappa shape index (κ3) is 3.94. The quantitative estimate of drug-likeness (QED) is 0.481. The van der Waals surface area contributed by atoms with Crippen LogP contribution < -0.4 is 10.1 Å². The minimum absolute atomic E-state index is 0.144. The van der Waals surface area contributed by atoms with Gasteiger partial charge in [0.05, 0.1) is 10.7 Å². The molecule has 0 spiro atoms. The van der Waals surface area contributed by atoms with Crippen LogP contribution >= 0.6 is 34.5 Å². The van der Waals surface area contributed by atoms with Crippen molar-refractivity contribution < 1.29 is 13.9 Å². The summed E-state index contributed by atoms with van der Waals surface area (Å²) in [4.78, 5) is 17.0. The van der Waals surface area contributed by atoms with Crippen LogP contribution in [0.5, 0.6) is 5.75 Å². The van der Waals surface area contributed by atoms with E-state index in [1.165, 1.54) is 29.5 Å². The van der Waals surface area contributed by atoms with Gasteiger partial charge >= 0.3 is 0 Å². The molecular formula is C18H11Cl2FN4O2S. The Morgan fingerprint density at radius 3 is 2.75 bits per heavy atom. The Hall–Kier alpha value is -2.68. The second-order valence-corrected chi connectivity index (χ2v) is 7.35. The SMILES string of the molecule is O=C(COc1ccc(Cl)cc1Cl)Nc1nc2scc(-c3ccc(F)cc3)n2n1. The van der Waals surface area contributed by atoms with Crippen molar-refractivity contribution in [3.8, 4) is 17.0 Å². The van der Waals surface area contributed by atoms with Crippen LogP contribution in [-0.2, 0) is 4.79 Å². The zero-order chi connectivity index (χ0) is 19.7. The summed E-state index contributed by atoms with van der Waals surface area (Å²) in [6, 6.07) is 10.8. The zero-order valence-corrected chi connectivity index (χ0v) is 16.4. The number of aromatic nitrogens is 3. The van der Waals surface area contributed by atoms with Gasteiger partial charge in [-0.1, -0.05) is 23.2 Å². The van der Waals surface area contributed by atoms with E-state index < -0.39 is 5.91 Å². The first-order chi connectivity index (χ1) is 13.5. The van der Waals surface area contributed by atoms with E-state index in [0.29, 0.717) is 20.8 Å². The molecule has 2 aromatic heterocycles.